The second-order valence-electron chi connectivity index (χ2n) is 10.1. The van der Waals surface area contributed by atoms with Gasteiger partial charge < -0.3 is 9.64 Å². The normalized spacial score (nSPS) is 18.7. The highest BCUT2D eigenvalue weighted by Crippen LogP contribution is 2.29. The monoisotopic (exact) mass is 487 g/mol. The van der Waals surface area contributed by atoms with Gasteiger partial charge in [-0.25, -0.2) is 9.97 Å². The van der Waals surface area contributed by atoms with Gasteiger partial charge in [-0.2, -0.15) is 0 Å². The molecule has 190 valence electrons. The minimum Gasteiger partial charge on any atom is -0.381 e. The first-order chi connectivity index (χ1) is 17.7. The SMILES string of the molecule is CN(C(=O)C1CCOCC1)[C@@H](Cc1ccccc1)C1CCN(Cc2cccn2-c2ncccn2)CC1. The first-order valence-electron chi connectivity index (χ1n) is 13.2. The molecule has 4 heterocycles. The molecule has 0 unspecified atom stereocenters. The van der Waals surface area contributed by atoms with Crippen LogP contribution in [-0.4, -0.2) is 69.6 Å². The molecule has 2 aromatic heterocycles. The second kappa shape index (κ2) is 11.8. The van der Waals surface area contributed by atoms with E-state index in [4.69, 9.17) is 4.74 Å². The largest absolute Gasteiger partial charge is 0.381 e. The molecule has 1 aromatic carbocycles. The van der Waals surface area contributed by atoms with Gasteiger partial charge in [0, 0.05) is 63.1 Å². The average Bonchev–Trinajstić information content (AvgIpc) is 3.41. The summed E-state index contributed by atoms with van der Waals surface area (Å²) in [7, 11) is 2.03. The van der Waals surface area contributed by atoms with Gasteiger partial charge in [-0.15, -0.1) is 0 Å². The molecular weight excluding hydrogens is 450 g/mol. The van der Waals surface area contributed by atoms with E-state index < -0.39 is 0 Å². The number of hydrogen-bond donors (Lipinski definition) is 0. The number of likely N-dealkylation sites (N-methyl/N-ethyl adjacent to an activating group) is 1. The number of piperidine rings is 1. The van der Waals surface area contributed by atoms with Crippen LogP contribution in [-0.2, 0) is 22.5 Å². The molecule has 0 spiro atoms. The Morgan fingerprint density at radius 2 is 1.72 bits per heavy atom. The maximum Gasteiger partial charge on any atom is 0.233 e. The summed E-state index contributed by atoms with van der Waals surface area (Å²) < 4.78 is 7.58. The zero-order valence-electron chi connectivity index (χ0n) is 21.2. The molecule has 2 saturated heterocycles. The summed E-state index contributed by atoms with van der Waals surface area (Å²) in [5.41, 5.74) is 2.50. The first kappa shape index (κ1) is 24.7. The number of nitrogens with zero attached hydrogens (tertiary/aromatic N) is 5. The van der Waals surface area contributed by atoms with E-state index in [1.165, 1.54) is 11.3 Å². The number of likely N-dealkylation sites (tertiary alicyclic amines) is 1. The highest BCUT2D eigenvalue weighted by atomic mass is 16.5. The minimum absolute atomic E-state index is 0.0927. The number of aromatic nitrogens is 3. The van der Waals surface area contributed by atoms with Gasteiger partial charge in [0.1, 0.15) is 0 Å². The number of ether oxygens (including phenoxy) is 1. The van der Waals surface area contributed by atoms with Crippen molar-refractivity contribution in [3.63, 3.8) is 0 Å². The third-order valence-corrected chi connectivity index (χ3v) is 7.87. The Hall–Kier alpha value is -3.03. The Kier molecular flexibility index (Phi) is 8.08. The molecule has 2 aliphatic heterocycles. The Morgan fingerprint density at radius 1 is 1.00 bits per heavy atom. The summed E-state index contributed by atoms with van der Waals surface area (Å²) >= 11 is 0. The van der Waals surface area contributed by atoms with Gasteiger partial charge in [0.2, 0.25) is 11.9 Å². The lowest BCUT2D eigenvalue weighted by Gasteiger charge is -2.41. The molecule has 7 heteroatoms. The molecule has 1 atom stereocenters. The predicted molar refractivity (Wildman–Crippen MR) is 140 cm³/mol. The van der Waals surface area contributed by atoms with Crippen LogP contribution in [0.3, 0.4) is 0 Å². The van der Waals surface area contributed by atoms with Crippen LogP contribution in [0.2, 0.25) is 0 Å². The third kappa shape index (κ3) is 5.85. The third-order valence-electron chi connectivity index (χ3n) is 7.87. The van der Waals surface area contributed by atoms with E-state index in [9.17, 15) is 4.79 Å². The van der Waals surface area contributed by atoms with Crippen LogP contribution in [0.25, 0.3) is 5.95 Å². The van der Waals surface area contributed by atoms with Crippen molar-refractivity contribution in [2.75, 3.05) is 33.4 Å². The highest BCUT2D eigenvalue weighted by molar-refractivity contribution is 5.79. The van der Waals surface area contributed by atoms with Gasteiger partial charge in [0.25, 0.3) is 0 Å². The van der Waals surface area contributed by atoms with E-state index in [1.807, 2.05) is 19.3 Å². The molecule has 2 aliphatic rings. The number of benzene rings is 1. The van der Waals surface area contributed by atoms with Gasteiger partial charge in [0.05, 0.1) is 0 Å². The van der Waals surface area contributed by atoms with E-state index in [0.29, 0.717) is 31.0 Å². The maximum atomic E-state index is 13.5. The highest BCUT2D eigenvalue weighted by Gasteiger charge is 2.34. The zero-order valence-corrected chi connectivity index (χ0v) is 21.2. The van der Waals surface area contributed by atoms with Gasteiger partial charge in [-0.3, -0.25) is 14.3 Å². The summed E-state index contributed by atoms with van der Waals surface area (Å²) in [5.74, 6) is 1.58. The fraction of sp³-hybridized carbons (Fsp3) is 0.483. The summed E-state index contributed by atoms with van der Waals surface area (Å²) in [5, 5.41) is 0. The lowest BCUT2D eigenvalue weighted by Crippen LogP contribution is -2.49. The second-order valence-corrected chi connectivity index (χ2v) is 10.1. The summed E-state index contributed by atoms with van der Waals surface area (Å²) in [6.45, 7) is 4.31. The number of amides is 1. The maximum absolute atomic E-state index is 13.5. The molecule has 36 heavy (non-hydrogen) atoms. The molecule has 3 aromatic rings. The number of carbonyl (C=O) groups is 1. The van der Waals surface area contributed by atoms with Crippen molar-refractivity contribution in [1.82, 2.24) is 24.3 Å². The molecule has 5 rings (SSSR count). The van der Waals surface area contributed by atoms with Gasteiger partial charge in [0.15, 0.2) is 0 Å². The topological polar surface area (TPSA) is 63.5 Å². The van der Waals surface area contributed by atoms with Crippen molar-refractivity contribution in [3.8, 4) is 5.95 Å². The van der Waals surface area contributed by atoms with Crippen LogP contribution >= 0.6 is 0 Å². The van der Waals surface area contributed by atoms with Crippen molar-refractivity contribution >= 4 is 5.91 Å². The number of hydrogen-bond acceptors (Lipinski definition) is 5. The van der Waals surface area contributed by atoms with Crippen molar-refractivity contribution in [2.24, 2.45) is 11.8 Å². The fourth-order valence-electron chi connectivity index (χ4n) is 5.75. The van der Waals surface area contributed by atoms with Gasteiger partial charge in [-0.05, 0) is 74.9 Å². The molecule has 7 nitrogen and oxygen atoms in total. The summed E-state index contributed by atoms with van der Waals surface area (Å²) in [6, 6.07) is 16.9. The van der Waals surface area contributed by atoms with E-state index in [0.717, 1.165) is 51.7 Å². The predicted octanol–water partition coefficient (Wildman–Crippen LogP) is 3.98. The molecule has 0 radical (unpaired) electrons. The number of carbonyl (C=O) groups excluding carboxylic acids is 1. The van der Waals surface area contributed by atoms with Gasteiger partial charge >= 0.3 is 0 Å². The molecule has 1 amide bonds. The van der Waals surface area contributed by atoms with E-state index >= 15 is 0 Å². The van der Waals surface area contributed by atoms with Crippen LogP contribution in [0.15, 0.2) is 67.1 Å². The summed E-state index contributed by atoms with van der Waals surface area (Å²) in [4.78, 5) is 26.9. The van der Waals surface area contributed by atoms with Crippen molar-refractivity contribution in [2.45, 2.75) is 44.7 Å². The lowest BCUT2D eigenvalue weighted by molar-refractivity contribution is -0.140. The average molecular weight is 488 g/mol. The Morgan fingerprint density at radius 3 is 2.44 bits per heavy atom. The van der Waals surface area contributed by atoms with Crippen molar-refractivity contribution in [1.29, 1.82) is 0 Å². The molecule has 0 N–H and O–H groups in total. The minimum atomic E-state index is 0.0927. The Bertz CT molecular complexity index is 1090. The van der Waals surface area contributed by atoms with Crippen LogP contribution in [0, 0.1) is 11.8 Å². The molecule has 0 saturated carbocycles. The van der Waals surface area contributed by atoms with Crippen LogP contribution in [0.4, 0.5) is 0 Å². The van der Waals surface area contributed by atoms with Crippen LogP contribution in [0.5, 0.6) is 0 Å². The smallest absolute Gasteiger partial charge is 0.233 e. The number of rotatable bonds is 8. The van der Waals surface area contributed by atoms with Crippen molar-refractivity contribution < 1.29 is 9.53 Å². The molecular formula is C29H37N5O2. The van der Waals surface area contributed by atoms with Crippen molar-refractivity contribution in [3.05, 3.63) is 78.4 Å². The van der Waals surface area contributed by atoms with Crippen LogP contribution in [0.1, 0.15) is 36.9 Å². The molecule has 0 aliphatic carbocycles. The Labute approximate surface area is 214 Å². The zero-order chi connectivity index (χ0) is 24.7. The van der Waals surface area contributed by atoms with Crippen LogP contribution < -0.4 is 0 Å². The standard InChI is InChI=1S/C29H37N5O2/c1-32(28(35)25-12-19-36-20-13-25)27(21-23-7-3-2-4-8-23)24-10-17-33(18-11-24)22-26-9-5-16-34(26)29-30-14-6-15-31-29/h2-9,14-16,24-25,27H,10-13,17-22H2,1H3/t27-/m0/s1. The molecule has 0 bridgehead atoms. The molecule has 2 fully saturated rings. The van der Waals surface area contributed by atoms with E-state index in [-0.39, 0.29) is 12.0 Å². The Balaban J connectivity index is 1.25. The van der Waals surface area contributed by atoms with Gasteiger partial charge in [-0.1, -0.05) is 30.3 Å². The quantitative estimate of drug-likeness (QED) is 0.481. The van der Waals surface area contributed by atoms with E-state index in [2.05, 4.69) is 66.8 Å². The summed E-state index contributed by atoms with van der Waals surface area (Å²) in [6.07, 6.45) is 10.4. The fourth-order valence-corrected chi connectivity index (χ4v) is 5.75. The lowest BCUT2D eigenvalue weighted by atomic mass is 9.84. The van der Waals surface area contributed by atoms with E-state index in [1.54, 1.807) is 12.4 Å². The first-order valence-corrected chi connectivity index (χ1v) is 13.2.